The molecule has 36 nitrogen and oxygen atoms in total. The molecule has 6 heterocycles. The molecule has 0 unspecified atom stereocenters. The van der Waals surface area contributed by atoms with Crippen LogP contribution in [-0.4, -0.2) is 248 Å². The van der Waals surface area contributed by atoms with Crippen molar-refractivity contribution in [1.29, 1.82) is 0 Å². The molecule has 42 heteroatoms. The highest BCUT2D eigenvalue weighted by molar-refractivity contribution is 7.87. The number of ketones is 10. The first-order valence-corrected chi connectivity index (χ1v) is 54.9. The second-order valence-electron chi connectivity index (χ2n) is 37.1. The Labute approximate surface area is 859 Å². The molecule has 6 aliphatic heterocycles. The molecule has 10 aromatic rings. The lowest BCUT2D eigenvalue weighted by Gasteiger charge is -2.26. The monoisotopic (exact) mass is 2140 g/mol. The predicted molar refractivity (Wildman–Crippen MR) is 555 cm³/mol. The molecule has 0 bridgehead atoms. The van der Waals surface area contributed by atoms with Crippen molar-refractivity contribution in [1.82, 2.24) is 40.0 Å². The molecule has 0 spiro atoms. The van der Waals surface area contributed by atoms with Gasteiger partial charge in [0.2, 0.25) is 0 Å². The molecule has 8 N–H and O–H groups in total. The number of likely N-dealkylation sites (N-methyl/N-ethyl adjacent to an activating group) is 4. The van der Waals surface area contributed by atoms with E-state index in [1.54, 1.807) is 52.9 Å². The first-order chi connectivity index (χ1) is 68.2. The quantitative estimate of drug-likeness (QED) is 0.0259. The van der Waals surface area contributed by atoms with Gasteiger partial charge in [0.05, 0.1) is 19.6 Å². The topological polar surface area (TPSA) is 540 Å². The van der Waals surface area contributed by atoms with E-state index in [0.29, 0.717) is 84.5 Å². The van der Waals surface area contributed by atoms with Crippen LogP contribution < -0.4 is 10.6 Å². The van der Waals surface area contributed by atoms with Crippen molar-refractivity contribution in [2.24, 2.45) is 0 Å². The first-order valence-electron chi connectivity index (χ1n) is 46.2. The molecule has 16 rings (SSSR count). The average Bonchev–Trinajstić information content (AvgIpc) is 1.35. The summed E-state index contributed by atoms with van der Waals surface area (Å²) in [6, 6.07) is 40.9. The minimum atomic E-state index is -4.83. The molecule has 0 amide bonds. The molecule has 6 aliphatic rings. The number of aryl methyl sites for hydroxylation is 1. The number of carbonyl (C=O) groups excluding carboxylic acids is 10. The molecule has 0 fully saturated rings. The smallest absolute Gasteiger partial charge is 0.295 e. The van der Waals surface area contributed by atoms with Crippen molar-refractivity contribution >= 4 is 129 Å². The van der Waals surface area contributed by atoms with Crippen LogP contribution in [0, 0.1) is 6.92 Å². The van der Waals surface area contributed by atoms with Gasteiger partial charge in [0.15, 0.2) is 57.8 Å². The largest absolute Gasteiger partial charge is 0.316 e. The second-order valence-corrected chi connectivity index (χ2v) is 45.4. The number of rotatable bonds is 20. The molecule has 790 valence electrons. The summed E-state index contributed by atoms with van der Waals surface area (Å²) in [5.74, 6) is -1.43. The third-order valence-electron chi connectivity index (χ3n) is 24.8. The molecule has 0 atom stereocenters. The zero-order chi connectivity index (χ0) is 110. The van der Waals surface area contributed by atoms with Crippen LogP contribution in [0.1, 0.15) is 256 Å². The average molecular weight is 2140 g/mol. The Morgan fingerprint density at radius 2 is 0.531 bits per heavy atom. The summed E-state index contributed by atoms with van der Waals surface area (Å²) in [5.41, 5.74) is 19.2. The summed E-state index contributed by atoms with van der Waals surface area (Å²) >= 11 is 0. The van der Waals surface area contributed by atoms with Gasteiger partial charge in [0, 0.05) is 158 Å². The van der Waals surface area contributed by atoms with Crippen LogP contribution in [0.5, 0.6) is 0 Å². The number of nitrogens with one attached hydrogen (secondary N) is 2. The maximum atomic E-state index is 11.6. The number of hydrogen-bond acceptors (Lipinski definition) is 30. The molecule has 0 saturated heterocycles. The van der Waals surface area contributed by atoms with Gasteiger partial charge in [0.1, 0.15) is 9.79 Å². The van der Waals surface area contributed by atoms with Gasteiger partial charge in [-0.15, -0.1) is 0 Å². The standard InChI is InChI=1S/C14H12O8S2.C13H17NO.2C12H15NO4S.C12H15NO.C11H13NO4S.C11H13NO.C10H13NO4S.C10H13NO/c1-7(15)9-3-11-12(13(5-9)23(17,18)19)4-10(8(2)16)6-14(11)24(20,21)22;1-9-6-11-8-14(3)5-4-12(11)13(7-9)10(2)15;1-8(14)9-5-10-7-13(2)4-3-11(10)12(6-9)18(15,16)17;1-8(14)10-5-9-3-4-13(2)7-11(9)12(6-10)18(15,16)17;1-9(14)10-3-4-12-8-13(2)6-5-11(12)7-10;1-7(13)8-3-9-5-12(2)6-10(9)11(4-8)17(14,15)16;1-8(13)9-3-4-10-6-12(2)7-11(10)5-9;1-7(12)8-3-4-9(6-11-2)10(5-8)16(13,14)15;1-8(12)10-5-3-9(4-6-10)7-11-2/h3-6H,1-2H3,(H,17,18,19)(H,20,21,22);6-7H,4-5,8H2,1-3H3;2*5-6H,3-4,7H2,1-2H3,(H,15,16,17);3-4,7H,5-6,8H2,1-2H3;3-4H,5-6H2,1-2H3,(H,14,15,16);3-5H,6-7H2,1-2H3;3-5,11H,6H2,1-2H3,(H,13,14,15);3-6,11H,7H2,1-2H3. The molecule has 0 aromatic heterocycles. The first kappa shape index (κ1) is 121. The number of hydrogen-bond donors (Lipinski definition) is 8. The van der Waals surface area contributed by atoms with E-state index < -0.39 is 82.1 Å². The van der Waals surface area contributed by atoms with E-state index in [1.807, 2.05) is 97.5 Å². The van der Waals surface area contributed by atoms with Crippen molar-refractivity contribution in [3.05, 3.63) is 291 Å². The van der Waals surface area contributed by atoms with Crippen molar-refractivity contribution in [2.75, 3.05) is 82.6 Å². The SMILES string of the molecule is CC(=O)c1cc(C)cc2c1CCN(C)C2.CC(=O)c1cc(S(=O)(=O)O)c2cc(C(C)=O)cc(S(=O)(=O)O)c2c1.CC(=O)c1cc2c(c(S(=O)(=O)O)c1)CCN(C)C2.CC(=O)c1cc2c(c(S(=O)(=O)O)c1)CN(C)C2.CC(=O)c1cc2c(c(S(=O)(=O)O)c1)CN(C)CC2.CC(=O)c1ccc2c(c1)CCN(C)C2.CC(=O)c1ccc2c(c1)CN(C)C2.CNCc1ccc(C(C)=O)cc1.CNCc1ccc(C(C)=O)cc1S(=O)(=O)O. The van der Waals surface area contributed by atoms with Crippen molar-refractivity contribution in [3.63, 3.8) is 0 Å². The van der Waals surface area contributed by atoms with Gasteiger partial charge in [-0.25, -0.2) is 0 Å². The Morgan fingerprint density at radius 3 is 0.946 bits per heavy atom. The van der Waals surface area contributed by atoms with Crippen LogP contribution in [0.15, 0.2) is 181 Å². The normalized spacial score (nSPS) is 14.5. The van der Waals surface area contributed by atoms with E-state index in [4.69, 9.17) is 4.55 Å². The number of nitrogens with zero attached hydrogens (tertiary/aromatic N) is 6. The van der Waals surface area contributed by atoms with Crippen LogP contribution in [0.4, 0.5) is 0 Å². The van der Waals surface area contributed by atoms with Crippen molar-refractivity contribution in [3.8, 4) is 0 Å². The molecule has 10 aromatic carbocycles. The minimum Gasteiger partial charge on any atom is -0.316 e. The zero-order valence-electron chi connectivity index (χ0n) is 85.5. The summed E-state index contributed by atoms with van der Waals surface area (Å²) in [4.78, 5) is 124. The van der Waals surface area contributed by atoms with E-state index in [1.165, 1.54) is 109 Å². The molecular weight excluding hydrogens is 2010 g/mol. The van der Waals surface area contributed by atoms with E-state index >= 15 is 0 Å². The Bertz CT molecular complexity index is 7470. The van der Waals surface area contributed by atoms with E-state index in [-0.39, 0.29) is 93.3 Å². The van der Waals surface area contributed by atoms with E-state index in [2.05, 4.69) is 71.6 Å². The van der Waals surface area contributed by atoms with Crippen LogP contribution >= 0.6 is 0 Å². The number of fused-ring (bicyclic) bond motifs is 7. The fourth-order valence-electron chi connectivity index (χ4n) is 17.2. The number of benzene rings is 10. The lowest BCUT2D eigenvalue weighted by atomic mass is 9.91. The maximum Gasteiger partial charge on any atom is 0.295 e. The highest BCUT2D eigenvalue weighted by Crippen LogP contribution is 2.36. The lowest BCUT2D eigenvalue weighted by molar-refractivity contribution is 0.100. The summed E-state index contributed by atoms with van der Waals surface area (Å²) in [7, 11) is -11.3. The Hall–Kier alpha value is -11.7. The van der Waals surface area contributed by atoms with Crippen LogP contribution in [0.3, 0.4) is 0 Å². The molecule has 0 radical (unpaired) electrons. The fourth-order valence-corrected chi connectivity index (χ4v) is 21.7. The van der Waals surface area contributed by atoms with Gasteiger partial charge in [-0.2, -0.15) is 50.5 Å². The summed E-state index contributed by atoms with van der Waals surface area (Å²) in [5, 5.41) is 5.23. The van der Waals surface area contributed by atoms with Gasteiger partial charge >= 0.3 is 0 Å². The highest BCUT2D eigenvalue weighted by Gasteiger charge is 2.32. The lowest BCUT2D eigenvalue weighted by Crippen LogP contribution is -2.28. The van der Waals surface area contributed by atoms with Crippen LogP contribution in [0.25, 0.3) is 10.8 Å². The number of carbonyl (C=O) groups is 10. The molecule has 147 heavy (non-hydrogen) atoms. The number of Topliss-reactive ketones (excluding diaryl/α,β-unsaturated/α-hetero) is 10. The maximum absolute atomic E-state index is 11.6. The highest BCUT2D eigenvalue weighted by atomic mass is 32.2. The van der Waals surface area contributed by atoms with E-state index in [9.17, 15) is 121 Å². The van der Waals surface area contributed by atoms with Crippen molar-refractivity contribution < 1.29 is 126 Å². The minimum absolute atomic E-state index is 0.117. The summed E-state index contributed by atoms with van der Waals surface area (Å²) in [6.07, 6.45) is 3.29. The van der Waals surface area contributed by atoms with Gasteiger partial charge < -0.3 is 30.2 Å². The molecule has 0 aliphatic carbocycles. The second kappa shape index (κ2) is 51.0. The van der Waals surface area contributed by atoms with Gasteiger partial charge in [0.25, 0.3) is 60.7 Å². The summed E-state index contributed by atoms with van der Waals surface area (Å²) < 4.78 is 192. The zero-order valence-corrected chi connectivity index (χ0v) is 90.4. The Kier molecular flexibility index (Phi) is 41.8. The van der Waals surface area contributed by atoms with Gasteiger partial charge in [-0.3, -0.25) is 85.1 Å². The van der Waals surface area contributed by atoms with Gasteiger partial charge in [-0.1, -0.05) is 72.3 Å². The fraction of sp³-hybridized carbons (Fsp3) is 0.352. The third kappa shape index (κ3) is 33.9. The predicted octanol–water partition coefficient (Wildman–Crippen LogP) is 13.4. The van der Waals surface area contributed by atoms with Crippen LogP contribution in [0.2, 0.25) is 0 Å². The summed E-state index contributed by atoms with van der Waals surface area (Å²) in [6.45, 7) is 27.1. The van der Waals surface area contributed by atoms with E-state index in [0.717, 1.165) is 149 Å². The Morgan fingerprint density at radius 1 is 0.252 bits per heavy atom. The van der Waals surface area contributed by atoms with Crippen molar-refractivity contribution in [2.45, 2.75) is 197 Å². The van der Waals surface area contributed by atoms with Gasteiger partial charge in [-0.05, 0) is 321 Å². The molecule has 0 saturated carbocycles. The van der Waals surface area contributed by atoms with Crippen LogP contribution in [-0.2, 0) is 152 Å². The molecular formula is C105H126N8O28S6. The Balaban J connectivity index is 0.000000203. The third-order valence-corrected chi connectivity index (χ3v) is 30.3.